The number of hydrogen-bond donors (Lipinski definition) is 1. The normalized spacial score (nSPS) is 15.4. The molecule has 0 bridgehead atoms. The molecule has 0 radical (unpaired) electrons. The maximum atomic E-state index is 5.45. The third kappa shape index (κ3) is 5.14. The first-order chi connectivity index (χ1) is 14.8. The highest BCUT2D eigenvalue weighted by atomic mass is 16.5. The van der Waals surface area contributed by atoms with Crippen molar-refractivity contribution in [3.8, 4) is 0 Å². The summed E-state index contributed by atoms with van der Waals surface area (Å²) < 4.78 is 7.25. The van der Waals surface area contributed by atoms with Gasteiger partial charge in [0.2, 0.25) is 5.95 Å². The summed E-state index contributed by atoms with van der Waals surface area (Å²) in [5.41, 5.74) is 3.67. The molecule has 3 heterocycles. The van der Waals surface area contributed by atoms with Crippen molar-refractivity contribution in [3.05, 3.63) is 47.2 Å². The van der Waals surface area contributed by atoms with Crippen LogP contribution in [0.4, 0.5) is 11.8 Å². The highest BCUT2D eigenvalue weighted by molar-refractivity contribution is 5.49. The lowest BCUT2D eigenvalue weighted by atomic mass is 9.87. The molecule has 8 nitrogen and oxygen atoms in total. The number of anilines is 2. The molecule has 1 fully saturated rings. The van der Waals surface area contributed by atoms with E-state index in [0.29, 0.717) is 18.3 Å². The Morgan fingerprint density at radius 3 is 2.42 bits per heavy atom. The number of benzene rings is 1. The zero-order valence-electron chi connectivity index (χ0n) is 19.2. The molecule has 1 saturated heterocycles. The van der Waals surface area contributed by atoms with Crippen LogP contribution in [0, 0.1) is 0 Å². The predicted octanol–water partition coefficient (Wildman–Crippen LogP) is 2.93. The fourth-order valence-corrected chi connectivity index (χ4v) is 3.67. The van der Waals surface area contributed by atoms with Crippen molar-refractivity contribution in [1.29, 1.82) is 0 Å². The van der Waals surface area contributed by atoms with Crippen molar-refractivity contribution in [2.45, 2.75) is 39.3 Å². The number of ether oxygens (including phenoxy) is 1. The van der Waals surface area contributed by atoms with Crippen LogP contribution in [0.1, 0.15) is 37.6 Å². The molecular formula is C23H33N7O. The molecular weight excluding hydrogens is 390 g/mol. The zero-order valence-corrected chi connectivity index (χ0v) is 19.2. The molecule has 0 atom stereocenters. The van der Waals surface area contributed by atoms with Crippen molar-refractivity contribution in [1.82, 2.24) is 24.5 Å². The highest BCUT2D eigenvalue weighted by Crippen LogP contribution is 2.22. The quantitative estimate of drug-likeness (QED) is 0.654. The van der Waals surface area contributed by atoms with Crippen LogP contribution in [0.2, 0.25) is 0 Å². The second kappa shape index (κ2) is 8.80. The molecule has 0 saturated carbocycles. The van der Waals surface area contributed by atoms with Gasteiger partial charge in [-0.3, -0.25) is 4.90 Å². The van der Waals surface area contributed by atoms with E-state index in [4.69, 9.17) is 9.72 Å². The molecule has 1 aliphatic rings. The van der Waals surface area contributed by atoms with E-state index >= 15 is 0 Å². The van der Waals surface area contributed by atoms with Crippen LogP contribution in [0.25, 0.3) is 5.78 Å². The molecule has 4 rings (SSSR count). The van der Waals surface area contributed by atoms with Crippen molar-refractivity contribution < 1.29 is 4.74 Å². The largest absolute Gasteiger partial charge is 0.379 e. The minimum Gasteiger partial charge on any atom is -0.379 e. The van der Waals surface area contributed by atoms with Gasteiger partial charge in [-0.15, -0.1) is 5.10 Å². The van der Waals surface area contributed by atoms with Crippen LogP contribution in [-0.2, 0) is 23.2 Å². The van der Waals surface area contributed by atoms with E-state index in [1.165, 1.54) is 11.1 Å². The SMILES string of the molecule is CN(C)c1cc(CN2CCOCC2)nc2nc(NCc3ccc(C(C)(C)C)cc3)nn12. The van der Waals surface area contributed by atoms with Crippen LogP contribution in [0.5, 0.6) is 0 Å². The van der Waals surface area contributed by atoms with Gasteiger partial charge in [0, 0.05) is 46.3 Å². The summed E-state index contributed by atoms with van der Waals surface area (Å²) in [7, 11) is 4.03. The summed E-state index contributed by atoms with van der Waals surface area (Å²) in [5.74, 6) is 2.15. The van der Waals surface area contributed by atoms with E-state index in [1.54, 1.807) is 4.52 Å². The first-order valence-electron chi connectivity index (χ1n) is 10.9. The van der Waals surface area contributed by atoms with Crippen LogP contribution in [0.3, 0.4) is 0 Å². The summed E-state index contributed by atoms with van der Waals surface area (Å²) >= 11 is 0. The first kappa shape index (κ1) is 21.5. The predicted molar refractivity (Wildman–Crippen MR) is 124 cm³/mol. The van der Waals surface area contributed by atoms with Crippen LogP contribution in [-0.4, -0.2) is 64.9 Å². The Morgan fingerprint density at radius 2 is 1.77 bits per heavy atom. The van der Waals surface area contributed by atoms with Gasteiger partial charge in [-0.05, 0) is 16.5 Å². The Balaban J connectivity index is 1.51. The average molecular weight is 424 g/mol. The number of nitrogens with one attached hydrogen (secondary N) is 1. The number of morpholine rings is 1. The van der Waals surface area contributed by atoms with Crippen LogP contribution < -0.4 is 10.2 Å². The van der Waals surface area contributed by atoms with E-state index in [1.807, 2.05) is 19.0 Å². The van der Waals surface area contributed by atoms with E-state index < -0.39 is 0 Å². The lowest BCUT2D eigenvalue weighted by molar-refractivity contribution is 0.0337. The van der Waals surface area contributed by atoms with E-state index in [-0.39, 0.29) is 5.41 Å². The van der Waals surface area contributed by atoms with Gasteiger partial charge in [-0.25, -0.2) is 4.98 Å². The Bertz CT molecular complexity index is 1010. The van der Waals surface area contributed by atoms with Crippen LogP contribution in [0.15, 0.2) is 30.3 Å². The van der Waals surface area contributed by atoms with E-state index in [0.717, 1.165) is 44.4 Å². The van der Waals surface area contributed by atoms with E-state index in [2.05, 4.69) is 71.4 Å². The maximum absolute atomic E-state index is 5.45. The summed E-state index contributed by atoms with van der Waals surface area (Å²) in [6.45, 7) is 11.5. The highest BCUT2D eigenvalue weighted by Gasteiger charge is 2.17. The van der Waals surface area contributed by atoms with Crippen molar-refractivity contribution in [2.75, 3.05) is 50.6 Å². The number of fused-ring (bicyclic) bond motifs is 1. The molecule has 0 spiro atoms. The lowest BCUT2D eigenvalue weighted by Gasteiger charge is -2.26. The smallest absolute Gasteiger partial charge is 0.256 e. The van der Waals surface area contributed by atoms with Crippen molar-refractivity contribution in [3.63, 3.8) is 0 Å². The molecule has 31 heavy (non-hydrogen) atoms. The number of rotatable bonds is 6. The fourth-order valence-electron chi connectivity index (χ4n) is 3.67. The standard InChI is InChI=1S/C23H33N7O/c1-23(2,3)18-8-6-17(7-9-18)15-24-21-26-22-25-19(16-29-10-12-31-13-11-29)14-20(28(4)5)30(22)27-21/h6-9,14H,10-13,15-16H2,1-5H3,(H,24,27). The molecule has 0 unspecified atom stereocenters. The number of nitrogens with zero attached hydrogens (tertiary/aromatic N) is 6. The molecule has 3 aromatic rings. The Labute approximate surface area is 184 Å². The van der Waals surface area contributed by atoms with Gasteiger partial charge in [0.05, 0.1) is 18.9 Å². The minimum atomic E-state index is 0.155. The summed E-state index contributed by atoms with van der Waals surface area (Å²) in [6, 6.07) is 10.8. The Morgan fingerprint density at radius 1 is 1.06 bits per heavy atom. The third-order valence-electron chi connectivity index (χ3n) is 5.56. The molecule has 1 N–H and O–H groups in total. The molecule has 0 aliphatic carbocycles. The van der Waals surface area contributed by atoms with Gasteiger partial charge in [-0.1, -0.05) is 45.0 Å². The molecule has 2 aromatic heterocycles. The summed E-state index contributed by atoms with van der Waals surface area (Å²) in [6.07, 6.45) is 0. The van der Waals surface area contributed by atoms with Gasteiger partial charge in [-0.2, -0.15) is 9.50 Å². The zero-order chi connectivity index (χ0) is 22.0. The average Bonchev–Trinajstić information content (AvgIpc) is 3.15. The molecule has 8 heteroatoms. The Kier molecular flexibility index (Phi) is 6.11. The Hall–Kier alpha value is -2.71. The van der Waals surface area contributed by atoms with Gasteiger partial charge >= 0.3 is 0 Å². The molecule has 1 aromatic carbocycles. The monoisotopic (exact) mass is 423 g/mol. The summed E-state index contributed by atoms with van der Waals surface area (Å²) in [5, 5.41) is 8.00. The maximum Gasteiger partial charge on any atom is 0.256 e. The first-order valence-corrected chi connectivity index (χ1v) is 10.9. The van der Waals surface area contributed by atoms with Gasteiger partial charge in [0.15, 0.2) is 0 Å². The topological polar surface area (TPSA) is 70.8 Å². The number of hydrogen-bond acceptors (Lipinski definition) is 7. The number of aromatic nitrogens is 4. The van der Waals surface area contributed by atoms with Crippen molar-refractivity contribution in [2.24, 2.45) is 0 Å². The third-order valence-corrected chi connectivity index (χ3v) is 5.56. The molecule has 0 amide bonds. The fraction of sp³-hybridized carbons (Fsp3) is 0.522. The minimum absolute atomic E-state index is 0.155. The second-order valence-electron chi connectivity index (χ2n) is 9.34. The lowest BCUT2D eigenvalue weighted by Crippen LogP contribution is -2.36. The molecule has 166 valence electrons. The van der Waals surface area contributed by atoms with Crippen molar-refractivity contribution >= 4 is 17.5 Å². The van der Waals surface area contributed by atoms with Crippen LogP contribution >= 0.6 is 0 Å². The van der Waals surface area contributed by atoms with Gasteiger partial charge < -0.3 is 15.0 Å². The van der Waals surface area contributed by atoms with Gasteiger partial charge in [0.1, 0.15) is 5.82 Å². The van der Waals surface area contributed by atoms with Gasteiger partial charge in [0.25, 0.3) is 5.78 Å². The second-order valence-corrected chi connectivity index (χ2v) is 9.34. The summed E-state index contributed by atoms with van der Waals surface area (Å²) in [4.78, 5) is 13.8. The van der Waals surface area contributed by atoms with E-state index in [9.17, 15) is 0 Å². The molecule has 1 aliphatic heterocycles.